The molecule has 0 unspecified atom stereocenters. The number of nitriles is 1. The molecular weight excluding hydrogens is 480 g/mol. The molecule has 0 saturated heterocycles. The number of pyridine rings is 2. The summed E-state index contributed by atoms with van der Waals surface area (Å²) < 4.78 is 28.1. The molecule has 0 radical (unpaired) electrons. The van der Waals surface area contributed by atoms with Gasteiger partial charge in [-0.2, -0.15) is 10.2 Å². The number of hydrogen-bond acceptors (Lipinski definition) is 10. The maximum atomic E-state index is 11.5. The minimum Gasteiger partial charge on any atom is -0.481 e. The average molecular weight is 503 g/mol. The molecule has 1 aromatic carbocycles. The van der Waals surface area contributed by atoms with E-state index in [2.05, 4.69) is 31.7 Å². The standard InChI is InChI=1S/C24H22N8O3S/c1-35-20-9-4-16(13-27-20)18-7-8-19-21(29-18)22(32-24(14-25)10-11-24)31-23(30-19)28-12-15-2-5-17(6-3-15)36(26,33)34/h2-9,13H,10-12H2,1H3,(H2,26,33,34)(H2,28,30,31,32). The van der Waals surface area contributed by atoms with Crippen molar-refractivity contribution in [1.29, 1.82) is 5.26 Å². The highest BCUT2D eigenvalue weighted by molar-refractivity contribution is 7.89. The number of nitrogens with zero attached hydrogens (tertiary/aromatic N) is 5. The molecule has 182 valence electrons. The number of ether oxygens (including phenoxy) is 1. The summed E-state index contributed by atoms with van der Waals surface area (Å²) in [5, 5.41) is 21.2. The molecule has 0 atom stereocenters. The van der Waals surface area contributed by atoms with Crippen molar-refractivity contribution in [3.8, 4) is 23.2 Å². The van der Waals surface area contributed by atoms with Crippen LogP contribution in [0.2, 0.25) is 0 Å². The molecule has 5 rings (SSSR count). The van der Waals surface area contributed by atoms with Gasteiger partial charge in [0.2, 0.25) is 21.9 Å². The molecule has 4 N–H and O–H groups in total. The number of nitrogens with one attached hydrogen (secondary N) is 2. The lowest BCUT2D eigenvalue weighted by Crippen LogP contribution is -2.20. The van der Waals surface area contributed by atoms with E-state index in [0.717, 1.165) is 24.0 Å². The quantitative estimate of drug-likeness (QED) is 0.326. The van der Waals surface area contributed by atoms with Crippen LogP contribution in [0.25, 0.3) is 22.3 Å². The zero-order chi connectivity index (χ0) is 25.3. The van der Waals surface area contributed by atoms with Crippen LogP contribution < -0.4 is 20.5 Å². The molecule has 11 nitrogen and oxygen atoms in total. The van der Waals surface area contributed by atoms with Crippen LogP contribution in [-0.2, 0) is 16.6 Å². The van der Waals surface area contributed by atoms with Gasteiger partial charge in [-0.05, 0) is 48.7 Å². The SMILES string of the molecule is COc1ccc(-c2ccc3nc(NCc4ccc(S(N)(=O)=O)cc4)nc(NC4(C#N)CC4)c3n2)cn1. The number of rotatable bonds is 8. The molecule has 0 spiro atoms. The van der Waals surface area contributed by atoms with Crippen LogP contribution in [0.4, 0.5) is 11.8 Å². The number of primary sulfonamides is 1. The van der Waals surface area contributed by atoms with Crippen LogP contribution in [0.3, 0.4) is 0 Å². The fourth-order valence-electron chi connectivity index (χ4n) is 3.59. The molecule has 0 amide bonds. The summed E-state index contributed by atoms with van der Waals surface area (Å²) in [5.74, 6) is 1.30. The number of benzene rings is 1. The summed E-state index contributed by atoms with van der Waals surface area (Å²) in [6.07, 6.45) is 3.11. The zero-order valence-electron chi connectivity index (χ0n) is 19.3. The van der Waals surface area contributed by atoms with Gasteiger partial charge in [0, 0.05) is 24.4 Å². The van der Waals surface area contributed by atoms with Crippen molar-refractivity contribution in [3.05, 3.63) is 60.3 Å². The fraction of sp³-hybridized carbons (Fsp3) is 0.208. The van der Waals surface area contributed by atoms with E-state index in [4.69, 9.17) is 14.9 Å². The van der Waals surface area contributed by atoms with E-state index in [9.17, 15) is 13.7 Å². The third-order valence-electron chi connectivity index (χ3n) is 5.81. The molecule has 12 heteroatoms. The van der Waals surface area contributed by atoms with Gasteiger partial charge in [-0.1, -0.05) is 12.1 Å². The third kappa shape index (κ3) is 4.88. The Hall–Kier alpha value is -4.34. The Morgan fingerprint density at radius 2 is 1.86 bits per heavy atom. The van der Waals surface area contributed by atoms with Gasteiger partial charge in [-0.15, -0.1) is 0 Å². The molecule has 0 aliphatic heterocycles. The van der Waals surface area contributed by atoms with Crippen molar-refractivity contribution in [3.63, 3.8) is 0 Å². The number of nitrogens with two attached hydrogens (primary N) is 1. The van der Waals surface area contributed by atoms with Gasteiger partial charge in [0.1, 0.15) is 11.1 Å². The van der Waals surface area contributed by atoms with E-state index >= 15 is 0 Å². The second-order valence-electron chi connectivity index (χ2n) is 8.41. The van der Waals surface area contributed by atoms with Gasteiger partial charge >= 0.3 is 0 Å². The molecule has 3 aromatic heterocycles. The maximum Gasteiger partial charge on any atom is 0.238 e. The number of methoxy groups -OCH3 is 1. The molecule has 1 saturated carbocycles. The molecule has 36 heavy (non-hydrogen) atoms. The van der Waals surface area contributed by atoms with E-state index < -0.39 is 15.6 Å². The van der Waals surface area contributed by atoms with Gasteiger partial charge in [0.15, 0.2) is 5.82 Å². The van der Waals surface area contributed by atoms with Gasteiger partial charge in [-0.3, -0.25) is 0 Å². The Kier molecular flexibility index (Phi) is 5.87. The highest BCUT2D eigenvalue weighted by Gasteiger charge is 2.44. The Morgan fingerprint density at radius 3 is 2.47 bits per heavy atom. The molecule has 1 aliphatic rings. The van der Waals surface area contributed by atoms with Crippen LogP contribution in [0.5, 0.6) is 5.88 Å². The van der Waals surface area contributed by atoms with Crippen molar-refractivity contribution in [2.75, 3.05) is 17.7 Å². The van der Waals surface area contributed by atoms with Crippen molar-refractivity contribution in [2.45, 2.75) is 29.8 Å². The molecule has 1 fully saturated rings. The van der Waals surface area contributed by atoms with Crippen molar-refractivity contribution >= 4 is 32.8 Å². The Labute approximate surface area is 207 Å². The lowest BCUT2D eigenvalue weighted by molar-refractivity contribution is 0.398. The van der Waals surface area contributed by atoms with Crippen LogP contribution in [0.15, 0.2) is 59.6 Å². The van der Waals surface area contributed by atoms with E-state index in [-0.39, 0.29) is 4.90 Å². The number of aromatic nitrogens is 4. The minimum absolute atomic E-state index is 0.0415. The minimum atomic E-state index is -3.75. The second-order valence-corrected chi connectivity index (χ2v) is 9.97. The van der Waals surface area contributed by atoms with Crippen LogP contribution in [0, 0.1) is 11.3 Å². The summed E-state index contributed by atoms with van der Waals surface area (Å²) in [7, 11) is -2.20. The first kappa shape index (κ1) is 23.4. The maximum absolute atomic E-state index is 11.5. The van der Waals surface area contributed by atoms with E-state index in [1.54, 1.807) is 31.5 Å². The van der Waals surface area contributed by atoms with Gasteiger partial charge in [0.25, 0.3) is 0 Å². The number of anilines is 2. The molecule has 4 aromatic rings. The first-order valence-corrected chi connectivity index (χ1v) is 12.6. The normalized spacial score (nSPS) is 14.1. The Bertz CT molecular complexity index is 1580. The van der Waals surface area contributed by atoms with Crippen LogP contribution >= 0.6 is 0 Å². The Morgan fingerprint density at radius 1 is 1.08 bits per heavy atom. The lowest BCUT2D eigenvalue weighted by atomic mass is 10.1. The van der Waals surface area contributed by atoms with Gasteiger partial charge in [-0.25, -0.2) is 28.5 Å². The summed E-state index contributed by atoms with van der Waals surface area (Å²) in [4.78, 5) is 18.2. The number of fused-ring (bicyclic) bond motifs is 1. The molecule has 1 aliphatic carbocycles. The predicted octanol–water partition coefficient (Wildman–Crippen LogP) is 2.82. The first-order valence-electron chi connectivity index (χ1n) is 11.0. The predicted molar refractivity (Wildman–Crippen MR) is 133 cm³/mol. The monoisotopic (exact) mass is 502 g/mol. The lowest BCUT2D eigenvalue weighted by Gasteiger charge is -2.15. The number of sulfonamides is 1. The topological polar surface area (TPSA) is 169 Å². The zero-order valence-corrected chi connectivity index (χ0v) is 20.1. The second kappa shape index (κ2) is 9.03. The van der Waals surface area contributed by atoms with Crippen LogP contribution in [-0.4, -0.2) is 41.0 Å². The third-order valence-corrected chi connectivity index (χ3v) is 6.74. The van der Waals surface area contributed by atoms with Gasteiger partial charge < -0.3 is 15.4 Å². The van der Waals surface area contributed by atoms with Gasteiger partial charge in [0.05, 0.1) is 29.3 Å². The first-order chi connectivity index (χ1) is 17.3. The molecule has 3 heterocycles. The molecular formula is C24H22N8O3S. The number of hydrogen-bond donors (Lipinski definition) is 3. The highest BCUT2D eigenvalue weighted by Crippen LogP contribution is 2.39. The average Bonchev–Trinajstić information content (AvgIpc) is 3.67. The van der Waals surface area contributed by atoms with Crippen LogP contribution in [0.1, 0.15) is 18.4 Å². The smallest absolute Gasteiger partial charge is 0.238 e. The molecule has 0 bridgehead atoms. The van der Waals surface area contributed by atoms with Crippen molar-refractivity contribution in [1.82, 2.24) is 19.9 Å². The van der Waals surface area contributed by atoms with E-state index in [1.165, 1.54) is 12.1 Å². The largest absolute Gasteiger partial charge is 0.481 e. The fourth-order valence-corrected chi connectivity index (χ4v) is 4.10. The van der Waals surface area contributed by atoms with E-state index in [0.29, 0.717) is 40.9 Å². The highest BCUT2D eigenvalue weighted by atomic mass is 32.2. The Balaban J connectivity index is 1.46. The summed E-state index contributed by atoms with van der Waals surface area (Å²) in [5.41, 5.74) is 2.77. The van der Waals surface area contributed by atoms with Crippen molar-refractivity contribution in [2.24, 2.45) is 5.14 Å². The van der Waals surface area contributed by atoms with E-state index in [1.807, 2.05) is 18.2 Å². The summed E-state index contributed by atoms with van der Waals surface area (Å²) in [6, 6.07) is 15.8. The summed E-state index contributed by atoms with van der Waals surface area (Å²) >= 11 is 0. The summed E-state index contributed by atoms with van der Waals surface area (Å²) in [6.45, 7) is 0.349. The van der Waals surface area contributed by atoms with Crippen molar-refractivity contribution < 1.29 is 13.2 Å².